The lowest BCUT2D eigenvalue weighted by Gasteiger charge is -2.33. The second kappa shape index (κ2) is 5.48. The smallest absolute Gasteiger partial charge is 0.253 e. The average Bonchev–Trinajstić information content (AvgIpc) is 2.37. The molecule has 1 amide bonds. The summed E-state index contributed by atoms with van der Waals surface area (Å²) in [5, 5.41) is 0. The molecule has 0 aliphatic carbocycles. The van der Waals surface area contributed by atoms with Crippen LogP contribution in [0.3, 0.4) is 0 Å². The van der Waals surface area contributed by atoms with Crippen molar-refractivity contribution in [1.29, 1.82) is 0 Å². The molecule has 1 unspecified atom stereocenters. The van der Waals surface area contributed by atoms with Gasteiger partial charge < -0.3 is 20.3 Å². The third-order valence-electron chi connectivity index (χ3n) is 3.26. The SMILES string of the molecule is CC1CN(c2ccc(C(=O)N(C)C)cc2N)CCO1. The van der Waals surface area contributed by atoms with Gasteiger partial charge in [0.15, 0.2) is 0 Å². The zero-order valence-corrected chi connectivity index (χ0v) is 11.7. The number of benzene rings is 1. The van der Waals surface area contributed by atoms with Gasteiger partial charge in [-0.1, -0.05) is 0 Å². The van der Waals surface area contributed by atoms with E-state index in [2.05, 4.69) is 4.90 Å². The van der Waals surface area contributed by atoms with Crippen LogP contribution < -0.4 is 10.6 Å². The Balaban J connectivity index is 2.21. The number of amides is 1. The molecular formula is C14H21N3O2. The Kier molecular flexibility index (Phi) is 3.95. The van der Waals surface area contributed by atoms with Gasteiger partial charge in [0.05, 0.1) is 24.1 Å². The molecule has 104 valence electrons. The number of morpholine rings is 1. The second-order valence-electron chi connectivity index (χ2n) is 5.10. The van der Waals surface area contributed by atoms with Crippen molar-refractivity contribution >= 4 is 17.3 Å². The van der Waals surface area contributed by atoms with E-state index in [1.165, 1.54) is 0 Å². The summed E-state index contributed by atoms with van der Waals surface area (Å²) in [7, 11) is 3.46. The highest BCUT2D eigenvalue weighted by Gasteiger charge is 2.19. The topological polar surface area (TPSA) is 58.8 Å². The van der Waals surface area contributed by atoms with Crippen LogP contribution in [0.5, 0.6) is 0 Å². The lowest BCUT2D eigenvalue weighted by molar-refractivity contribution is 0.0532. The number of anilines is 2. The van der Waals surface area contributed by atoms with E-state index in [4.69, 9.17) is 10.5 Å². The standard InChI is InChI=1S/C14H21N3O2/c1-10-9-17(6-7-19-10)13-5-4-11(8-12(13)15)14(18)16(2)3/h4-5,8,10H,6-7,9,15H2,1-3H3. The molecule has 1 atom stereocenters. The highest BCUT2D eigenvalue weighted by Crippen LogP contribution is 2.26. The summed E-state index contributed by atoms with van der Waals surface area (Å²) in [6, 6.07) is 5.50. The predicted octanol–water partition coefficient (Wildman–Crippen LogP) is 1.20. The van der Waals surface area contributed by atoms with Crippen molar-refractivity contribution in [1.82, 2.24) is 4.90 Å². The Morgan fingerprint density at radius 3 is 2.79 bits per heavy atom. The van der Waals surface area contributed by atoms with E-state index >= 15 is 0 Å². The molecule has 5 nitrogen and oxygen atoms in total. The van der Waals surface area contributed by atoms with Crippen molar-refractivity contribution in [3.63, 3.8) is 0 Å². The van der Waals surface area contributed by atoms with Gasteiger partial charge in [0, 0.05) is 32.7 Å². The molecule has 0 spiro atoms. The number of carbonyl (C=O) groups excluding carboxylic acids is 1. The monoisotopic (exact) mass is 263 g/mol. The van der Waals surface area contributed by atoms with Crippen molar-refractivity contribution in [2.45, 2.75) is 13.0 Å². The number of ether oxygens (including phenoxy) is 1. The molecule has 19 heavy (non-hydrogen) atoms. The third-order valence-corrected chi connectivity index (χ3v) is 3.26. The van der Waals surface area contributed by atoms with E-state index in [9.17, 15) is 4.79 Å². The highest BCUT2D eigenvalue weighted by atomic mass is 16.5. The zero-order chi connectivity index (χ0) is 14.0. The van der Waals surface area contributed by atoms with Gasteiger partial charge in [-0.25, -0.2) is 0 Å². The number of carbonyl (C=O) groups is 1. The second-order valence-corrected chi connectivity index (χ2v) is 5.10. The molecule has 1 aliphatic rings. The lowest BCUT2D eigenvalue weighted by atomic mass is 10.1. The molecule has 1 saturated heterocycles. The first-order valence-corrected chi connectivity index (χ1v) is 6.46. The molecule has 5 heteroatoms. The Bertz CT molecular complexity index is 474. The number of nitrogens with two attached hydrogens (primary N) is 1. The van der Waals surface area contributed by atoms with Crippen molar-refractivity contribution in [2.75, 3.05) is 44.4 Å². The molecule has 0 bridgehead atoms. The van der Waals surface area contributed by atoms with Gasteiger partial charge in [-0.3, -0.25) is 4.79 Å². The number of hydrogen-bond acceptors (Lipinski definition) is 4. The van der Waals surface area contributed by atoms with Gasteiger partial charge >= 0.3 is 0 Å². The van der Waals surface area contributed by atoms with E-state index < -0.39 is 0 Å². The molecule has 1 aromatic carbocycles. The quantitative estimate of drug-likeness (QED) is 0.814. The van der Waals surface area contributed by atoms with E-state index in [1.807, 2.05) is 19.1 Å². The van der Waals surface area contributed by atoms with Crippen molar-refractivity contribution in [3.05, 3.63) is 23.8 Å². The van der Waals surface area contributed by atoms with Crippen LogP contribution in [0.2, 0.25) is 0 Å². The molecule has 0 aromatic heterocycles. The zero-order valence-electron chi connectivity index (χ0n) is 11.7. The molecular weight excluding hydrogens is 242 g/mol. The Morgan fingerprint density at radius 1 is 1.47 bits per heavy atom. The van der Waals surface area contributed by atoms with Crippen LogP contribution in [0.15, 0.2) is 18.2 Å². The maximum atomic E-state index is 11.9. The third kappa shape index (κ3) is 2.98. The molecule has 0 saturated carbocycles. The summed E-state index contributed by atoms with van der Waals surface area (Å²) in [6.45, 7) is 4.41. The fourth-order valence-electron chi connectivity index (χ4n) is 2.27. The minimum absolute atomic E-state index is 0.0337. The summed E-state index contributed by atoms with van der Waals surface area (Å²) in [4.78, 5) is 15.6. The van der Waals surface area contributed by atoms with Crippen LogP contribution in [0.25, 0.3) is 0 Å². The van der Waals surface area contributed by atoms with Crippen LogP contribution in [-0.4, -0.2) is 50.7 Å². The molecule has 1 aromatic rings. The Labute approximate surface area is 113 Å². The maximum Gasteiger partial charge on any atom is 0.253 e. The summed E-state index contributed by atoms with van der Waals surface area (Å²) >= 11 is 0. The average molecular weight is 263 g/mol. The molecule has 2 N–H and O–H groups in total. The van der Waals surface area contributed by atoms with E-state index in [0.29, 0.717) is 17.9 Å². The van der Waals surface area contributed by atoms with Crippen molar-refractivity contribution < 1.29 is 9.53 Å². The maximum absolute atomic E-state index is 11.9. The van der Waals surface area contributed by atoms with E-state index in [1.54, 1.807) is 25.1 Å². The Hall–Kier alpha value is -1.75. The summed E-state index contributed by atoms with van der Waals surface area (Å²) < 4.78 is 5.52. The first kappa shape index (κ1) is 13.7. The first-order chi connectivity index (χ1) is 8.99. The molecule has 1 heterocycles. The highest BCUT2D eigenvalue weighted by molar-refractivity contribution is 5.95. The molecule has 2 rings (SSSR count). The van der Waals surface area contributed by atoms with Crippen LogP contribution in [0.1, 0.15) is 17.3 Å². The first-order valence-electron chi connectivity index (χ1n) is 6.46. The van der Waals surface area contributed by atoms with Gasteiger partial charge in [-0.15, -0.1) is 0 Å². The van der Waals surface area contributed by atoms with Crippen molar-refractivity contribution in [3.8, 4) is 0 Å². The fraction of sp³-hybridized carbons (Fsp3) is 0.500. The van der Waals surface area contributed by atoms with Gasteiger partial charge in [0.2, 0.25) is 0 Å². The van der Waals surface area contributed by atoms with E-state index in [0.717, 1.165) is 18.8 Å². The number of hydrogen-bond donors (Lipinski definition) is 1. The van der Waals surface area contributed by atoms with Crippen LogP contribution in [0, 0.1) is 0 Å². The predicted molar refractivity (Wildman–Crippen MR) is 76.5 cm³/mol. The van der Waals surface area contributed by atoms with Crippen LogP contribution in [0.4, 0.5) is 11.4 Å². The number of rotatable bonds is 2. The normalized spacial score (nSPS) is 19.3. The summed E-state index contributed by atoms with van der Waals surface area (Å²) in [5.41, 5.74) is 8.32. The summed E-state index contributed by atoms with van der Waals surface area (Å²) in [5.74, 6) is -0.0337. The van der Waals surface area contributed by atoms with Gasteiger partial charge in [-0.2, -0.15) is 0 Å². The van der Waals surface area contributed by atoms with Gasteiger partial charge in [-0.05, 0) is 25.1 Å². The van der Waals surface area contributed by atoms with Gasteiger partial charge in [0.1, 0.15) is 0 Å². The van der Waals surface area contributed by atoms with Crippen LogP contribution >= 0.6 is 0 Å². The minimum atomic E-state index is -0.0337. The largest absolute Gasteiger partial charge is 0.397 e. The summed E-state index contributed by atoms with van der Waals surface area (Å²) in [6.07, 6.45) is 0.205. The van der Waals surface area contributed by atoms with Crippen LogP contribution in [-0.2, 0) is 4.74 Å². The fourth-order valence-corrected chi connectivity index (χ4v) is 2.27. The van der Waals surface area contributed by atoms with Gasteiger partial charge in [0.25, 0.3) is 5.91 Å². The van der Waals surface area contributed by atoms with E-state index in [-0.39, 0.29) is 12.0 Å². The lowest BCUT2D eigenvalue weighted by Crippen LogP contribution is -2.41. The van der Waals surface area contributed by atoms with Crippen molar-refractivity contribution in [2.24, 2.45) is 0 Å². The Morgan fingerprint density at radius 2 is 2.21 bits per heavy atom. The number of nitrogens with zero attached hydrogens (tertiary/aromatic N) is 2. The molecule has 0 radical (unpaired) electrons. The minimum Gasteiger partial charge on any atom is -0.397 e. The molecule has 1 fully saturated rings. The number of nitrogen functional groups attached to an aromatic ring is 1. The molecule has 1 aliphatic heterocycles.